The lowest BCUT2D eigenvalue weighted by Crippen LogP contribution is -2.49. The Kier molecular flexibility index (Phi) is 7.78. The van der Waals surface area contributed by atoms with Crippen molar-refractivity contribution in [3.63, 3.8) is 0 Å². The summed E-state index contributed by atoms with van der Waals surface area (Å²) in [6.07, 6.45) is -1.51. The maximum atomic E-state index is 11.4. The summed E-state index contributed by atoms with van der Waals surface area (Å²) in [6, 6.07) is 6.99. The molecule has 0 bridgehead atoms. The summed E-state index contributed by atoms with van der Waals surface area (Å²) in [5.41, 5.74) is 1.83. The van der Waals surface area contributed by atoms with Gasteiger partial charge in [-0.05, 0) is 24.3 Å². The second-order valence-electron chi connectivity index (χ2n) is 6.15. The Bertz CT molecular complexity index is 857. The van der Waals surface area contributed by atoms with Gasteiger partial charge < -0.3 is 19.7 Å². The number of carboxylic acids is 2. The molecule has 30 heavy (non-hydrogen) atoms. The molecule has 12 heteroatoms. The zero-order chi connectivity index (χ0) is 22.3. The summed E-state index contributed by atoms with van der Waals surface area (Å²) in [5, 5.41) is 20.7. The average molecular weight is 431 g/mol. The van der Waals surface area contributed by atoms with Gasteiger partial charge >= 0.3 is 18.1 Å². The molecule has 0 saturated carbocycles. The van der Waals surface area contributed by atoms with Gasteiger partial charge in [-0.2, -0.15) is 18.3 Å². The van der Waals surface area contributed by atoms with Crippen LogP contribution in [0.2, 0.25) is 0 Å². The van der Waals surface area contributed by atoms with Gasteiger partial charge in [-0.3, -0.25) is 9.69 Å². The van der Waals surface area contributed by atoms with Crippen LogP contribution in [0.5, 0.6) is 5.75 Å². The smallest absolute Gasteiger partial charge is 0.490 e. The highest BCUT2D eigenvalue weighted by Crippen LogP contribution is 2.25. The molecule has 0 aliphatic carbocycles. The summed E-state index contributed by atoms with van der Waals surface area (Å²) in [4.78, 5) is 22.2. The maximum Gasteiger partial charge on any atom is 0.490 e. The van der Waals surface area contributed by atoms with Crippen LogP contribution in [0.3, 0.4) is 0 Å². The number of alkyl halides is 3. The van der Waals surface area contributed by atoms with E-state index in [-0.39, 0.29) is 6.61 Å². The first-order valence-electron chi connectivity index (χ1n) is 8.65. The van der Waals surface area contributed by atoms with Gasteiger partial charge in [0, 0.05) is 31.0 Å². The van der Waals surface area contributed by atoms with Crippen molar-refractivity contribution < 1.29 is 42.4 Å². The molecule has 2 N–H and O–H groups in total. The van der Waals surface area contributed by atoms with Crippen LogP contribution in [0.15, 0.2) is 36.7 Å². The molecule has 164 valence electrons. The molecule has 1 aliphatic rings. The minimum atomic E-state index is -5.08. The predicted molar refractivity (Wildman–Crippen MR) is 96.5 cm³/mol. The number of aliphatic carboxylic acids is 2. The second kappa shape index (κ2) is 10.1. The Labute approximate surface area is 169 Å². The van der Waals surface area contributed by atoms with Gasteiger partial charge in [0.25, 0.3) is 0 Å². The largest absolute Gasteiger partial charge is 0.496 e. The van der Waals surface area contributed by atoms with Crippen molar-refractivity contribution in [3.8, 4) is 11.4 Å². The minimum Gasteiger partial charge on any atom is -0.496 e. The van der Waals surface area contributed by atoms with Crippen molar-refractivity contribution in [2.75, 3.05) is 26.9 Å². The van der Waals surface area contributed by atoms with E-state index in [1.165, 1.54) is 0 Å². The lowest BCUT2D eigenvalue weighted by atomic mass is 10.1. The summed E-state index contributed by atoms with van der Waals surface area (Å²) in [7, 11) is 1.61. The van der Waals surface area contributed by atoms with Crippen molar-refractivity contribution in [3.05, 3.63) is 42.2 Å². The summed E-state index contributed by atoms with van der Waals surface area (Å²) < 4.78 is 44.2. The van der Waals surface area contributed by atoms with Crippen molar-refractivity contribution in [1.29, 1.82) is 0 Å². The van der Waals surface area contributed by atoms with E-state index in [0.717, 1.165) is 17.0 Å². The van der Waals surface area contributed by atoms with Crippen molar-refractivity contribution in [1.82, 2.24) is 14.7 Å². The molecule has 1 atom stereocenters. The van der Waals surface area contributed by atoms with Gasteiger partial charge in [0.1, 0.15) is 11.8 Å². The van der Waals surface area contributed by atoms with Crippen LogP contribution in [-0.2, 0) is 20.9 Å². The molecule has 0 amide bonds. The first-order valence-corrected chi connectivity index (χ1v) is 8.65. The molecule has 2 aromatic rings. The van der Waals surface area contributed by atoms with E-state index in [2.05, 4.69) is 5.10 Å². The Morgan fingerprint density at radius 3 is 2.57 bits per heavy atom. The molecule has 1 aliphatic heterocycles. The molecule has 3 rings (SSSR count). The van der Waals surface area contributed by atoms with E-state index in [9.17, 15) is 23.1 Å². The Morgan fingerprint density at radius 2 is 2.03 bits per heavy atom. The fourth-order valence-electron chi connectivity index (χ4n) is 2.73. The molecule has 2 heterocycles. The Morgan fingerprint density at radius 1 is 1.33 bits per heavy atom. The topological polar surface area (TPSA) is 114 Å². The third kappa shape index (κ3) is 6.19. The van der Waals surface area contributed by atoms with E-state index in [4.69, 9.17) is 19.4 Å². The highest BCUT2D eigenvalue weighted by atomic mass is 19.4. The molecule has 1 aromatic heterocycles. The number of methoxy groups -OCH3 is 1. The zero-order valence-corrected chi connectivity index (χ0v) is 15.9. The minimum absolute atomic E-state index is 0.205. The SMILES string of the molecule is COc1ccc(-n2cccn2)cc1CN1CCOCC1C(=O)O.O=C(O)C(F)(F)F. The van der Waals surface area contributed by atoms with Crippen molar-refractivity contribution in [2.45, 2.75) is 18.8 Å². The lowest BCUT2D eigenvalue weighted by Gasteiger charge is -2.33. The zero-order valence-electron chi connectivity index (χ0n) is 15.9. The molecule has 0 spiro atoms. The van der Waals surface area contributed by atoms with Gasteiger partial charge in [0.05, 0.1) is 26.0 Å². The number of morpholine rings is 1. The fraction of sp³-hybridized carbons (Fsp3) is 0.389. The number of carboxylic acid groups (broad SMARTS) is 2. The van der Waals surface area contributed by atoms with E-state index < -0.39 is 24.2 Å². The monoisotopic (exact) mass is 431 g/mol. The van der Waals surface area contributed by atoms with Crippen molar-refractivity contribution >= 4 is 11.9 Å². The average Bonchev–Trinajstić information content (AvgIpc) is 3.23. The maximum absolute atomic E-state index is 11.4. The predicted octanol–water partition coefficient (Wildman–Crippen LogP) is 1.80. The van der Waals surface area contributed by atoms with Crippen LogP contribution in [0.25, 0.3) is 5.69 Å². The quantitative estimate of drug-likeness (QED) is 0.737. The molecular weight excluding hydrogens is 411 g/mol. The number of halogens is 3. The number of aromatic nitrogens is 2. The Balaban J connectivity index is 0.000000396. The standard InChI is InChI=1S/C16H19N3O4.C2HF3O2/c1-22-15-4-3-13(19-6-2-5-17-19)9-12(15)10-18-7-8-23-11-14(18)16(20)21;3-2(4,5)1(6)7/h2-6,9,14H,7-8,10-11H2,1H3,(H,20,21);(H,6,7). The van der Waals surface area contributed by atoms with E-state index in [0.29, 0.717) is 19.7 Å². The summed E-state index contributed by atoms with van der Waals surface area (Å²) in [6.45, 7) is 1.80. The molecular formula is C18H20F3N3O6. The van der Waals surface area contributed by atoms with E-state index in [1.807, 2.05) is 35.4 Å². The van der Waals surface area contributed by atoms with Gasteiger partial charge in [-0.1, -0.05) is 0 Å². The molecule has 1 aromatic carbocycles. The molecule has 1 unspecified atom stereocenters. The lowest BCUT2D eigenvalue weighted by molar-refractivity contribution is -0.192. The van der Waals surface area contributed by atoms with Gasteiger partial charge in [0.2, 0.25) is 0 Å². The van der Waals surface area contributed by atoms with Gasteiger partial charge in [-0.25, -0.2) is 9.48 Å². The van der Waals surface area contributed by atoms with Gasteiger partial charge in [-0.15, -0.1) is 0 Å². The summed E-state index contributed by atoms with van der Waals surface area (Å²) >= 11 is 0. The number of benzene rings is 1. The fourth-order valence-corrected chi connectivity index (χ4v) is 2.73. The van der Waals surface area contributed by atoms with Crippen LogP contribution in [0.4, 0.5) is 13.2 Å². The third-order valence-electron chi connectivity index (χ3n) is 4.17. The highest BCUT2D eigenvalue weighted by molar-refractivity contribution is 5.74. The van der Waals surface area contributed by atoms with Crippen LogP contribution in [-0.4, -0.2) is 75.9 Å². The van der Waals surface area contributed by atoms with E-state index in [1.54, 1.807) is 18.0 Å². The third-order valence-corrected chi connectivity index (χ3v) is 4.17. The molecule has 0 radical (unpaired) electrons. The number of rotatable bonds is 5. The first kappa shape index (κ1) is 23.2. The van der Waals surface area contributed by atoms with Crippen LogP contribution in [0, 0.1) is 0 Å². The van der Waals surface area contributed by atoms with E-state index >= 15 is 0 Å². The first-order chi connectivity index (χ1) is 14.1. The second-order valence-corrected chi connectivity index (χ2v) is 6.15. The molecule has 1 saturated heterocycles. The van der Waals surface area contributed by atoms with Gasteiger partial charge in [0.15, 0.2) is 0 Å². The van der Waals surface area contributed by atoms with Crippen LogP contribution in [0.1, 0.15) is 5.56 Å². The number of nitrogens with zero attached hydrogens (tertiary/aromatic N) is 3. The highest BCUT2D eigenvalue weighted by Gasteiger charge is 2.38. The van der Waals surface area contributed by atoms with Crippen LogP contribution >= 0.6 is 0 Å². The molecule has 9 nitrogen and oxygen atoms in total. The summed E-state index contributed by atoms with van der Waals surface area (Å²) in [5.74, 6) is -2.89. The normalized spacial score (nSPS) is 17.0. The number of hydrogen-bond acceptors (Lipinski definition) is 6. The Hall–Kier alpha value is -3.12. The number of ether oxygens (including phenoxy) is 2. The van der Waals surface area contributed by atoms with Crippen LogP contribution < -0.4 is 4.74 Å². The molecule has 1 fully saturated rings. The number of carbonyl (C=O) groups is 2. The van der Waals surface area contributed by atoms with Crippen molar-refractivity contribution in [2.24, 2.45) is 0 Å². The number of hydrogen-bond donors (Lipinski definition) is 2.